The van der Waals surface area contributed by atoms with Crippen LogP contribution < -0.4 is 4.74 Å². The van der Waals surface area contributed by atoms with Crippen molar-refractivity contribution in [2.75, 3.05) is 6.61 Å². The van der Waals surface area contributed by atoms with E-state index < -0.39 is 11.9 Å². The van der Waals surface area contributed by atoms with Gasteiger partial charge in [-0.05, 0) is 53.8 Å². The fourth-order valence-corrected chi connectivity index (χ4v) is 2.62. The van der Waals surface area contributed by atoms with Crippen LogP contribution in [0.4, 0.5) is 0 Å². The van der Waals surface area contributed by atoms with Gasteiger partial charge in [-0.1, -0.05) is 50.2 Å². The summed E-state index contributed by atoms with van der Waals surface area (Å²) >= 11 is 0. The highest BCUT2D eigenvalue weighted by Crippen LogP contribution is 2.19. The number of rotatable bonds is 7. The maximum Gasteiger partial charge on any atom is 0.354 e. The number of hydrogen-bond donors (Lipinski definition) is 0. The van der Waals surface area contributed by atoms with Crippen LogP contribution in [0.25, 0.3) is 12.2 Å². The smallest absolute Gasteiger partial charge is 0.354 e. The zero-order valence-electron chi connectivity index (χ0n) is 17.6. The van der Waals surface area contributed by atoms with Crippen molar-refractivity contribution in [1.82, 2.24) is 0 Å². The van der Waals surface area contributed by atoms with Gasteiger partial charge in [0.05, 0.1) is 6.61 Å². The van der Waals surface area contributed by atoms with Crippen molar-refractivity contribution in [3.63, 3.8) is 0 Å². The van der Waals surface area contributed by atoms with Crippen molar-refractivity contribution in [2.24, 2.45) is 0 Å². The lowest BCUT2D eigenvalue weighted by molar-refractivity contribution is -0.138. The Morgan fingerprint density at radius 1 is 0.935 bits per heavy atom. The van der Waals surface area contributed by atoms with Gasteiger partial charge in [0, 0.05) is 0 Å². The molecule has 156 valence electrons. The first-order chi connectivity index (χ1) is 14.9. The van der Waals surface area contributed by atoms with Crippen LogP contribution in [0.3, 0.4) is 0 Å². The molecule has 0 heterocycles. The number of carbonyl (C=O) groups excluding carboxylic acids is 2. The maximum atomic E-state index is 12.5. The molecule has 0 fully saturated rings. The number of nitriles is 2. The predicted octanol–water partition coefficient (Wildman–Crippen LogP) is 4.79. The maximum absolute atomic E-state index is 12.5. The van der Waals surface area contributed by atoms with Crippen LogP contribution in [0.2, 0.25) is 0 Å². The van der Waals surface area contributed by atoms with Crippen LogP contribution in [0, 0.1) is 22.7 Å². The SMILES string of the molecule is CCOC(=O)/C(C#N)=C/c1cccc(OC(=O)/C(C#N)=C/c2ccc(C(C)C)cc2)c1. The quantitative estimate of drug-likeness (QED) is 0.279. The van der Waals surface area contributed by atoms with Gasteiger partial charge in [0.1, 0.15) is 29.0 Å². The molecule has 0 aliphatic heterocycles. The van der Waals surface area contributed by atoms with Crippen LogP contribution in [0.15, 0.2) is 59.7 Å². The number of esters is 2. The van der Waals surface area contributed by atoms with Gasteiger partial charge in [-0.15, -0.1) is 0 Å². The van der Waals surface area contributed by atoms with Crippen LogP contribution in [0.1, 0.15) is 43.4 Å². The molecule has 0 radical (unpaired) electrons. The van der Waals surface area contributed by atoms with Gasteiger partial charge >= 0.3 is 11.9 Å². The molecule has 31 heavy (non-hydrogen) atoms. The Morgan fingerprint density at radius 2 is 1.55 bits per heavy atom. The molecule has 2 aromatic carbocycles. The van der Waals surface area contributed by atoms with Crippen LogP contribution in [0.5, 0.6) is 5.75 Å². The summed E-state index contributed by atoms with van der Waals surface area (Å²) in [5.41, 5.74) is 2.02. The molecule has 2 aromatic rings. The van der Waals surface area contributed by atoms with Crippen LogP contribution in [-0.4, -0.2) is 18.5 Å². The van der Waals surface area contributed by atoms with E-state index in [2.05, 4.69) is 13.8 Å². The highest BCUT2D eigenvalue weighted by molar-refractivity contribution is 5.99. The van der Waals surface area contributed by atoms with Crippen molar-refractivity contribution < 1.29 is 19.1 Å². The molecule has 0 saturated carbocycles. The Hall–Kier alpha value is -4.16. The fourth-order valence-electron chi connectivity index (χ4n) is 2.62. The molecule has 0 aliphatic carbocycles. The van der Waals surface area contributed by atoms with E-state index in [0.717, 1.165) is 5.56 Å². The van der Waals surface area contributed by atoms with Gasteiger partial charge in [-0.2, -0.15) is 10.5 Å². The number of benzene rings is 2. The largest absolute Gasteiger partial charge is 0.462 e. The highest BCUT2D eigenvalue weighted by atomic mass is 16.5. The lowest BCUT2D eigenvalue weighted by Gasteiger charge is -2.06. The molecule has 0 atom stereocenters. The van der Waals surface area contributed by atoms with E-state index in [0.29, 0.717) is 17.0 Å². The molecule has 0 bridgehead atoms. The minimum Gasteiger partial charge on any atom is -0.462 e. The molecule has 2 rings (SSSR count). The van der Waals surface area contributed by atoms with Gasteiger partial charge < -0.3 is 9.47 Å². The average Bonchev–Trinajstić information content (AvgIpc) is 2.76. The van der Waals surface area contributed by atoms with Crippen molar-refractivity contribution in [1.29, 1.82) is 10.5 Å². The van der Waals surface area contributed by atoms with Gasteiger partial charge in [0.2, 0.25) is 0 Å². The monoisotopic (exact) mass is 414 g/mol. The van der Waals surface area contributed by atoms with Gasteiger partial charge in [-0.3, -0.25) is 0 Å². The number of carbonyl (C=O) groups is 2. The first kappa shape index (κ1) is 23.1. The lowest BCUT2D eigenvalue weighted by atomic mass is 10.0. The zero-order chi connectivity index (χ0) is 22.8. The van der Waals surface area contributed by atoms with E-state index in [1.807, 2.05) is 30.3 Å². The minimum atomic E-state index is -0.803. The summed E-state index contributed by atoms with van der Waals surface area (Å²) in [6.07, 6.45) is 2.80. The summed E-state index contributed by atoms with van der Waals surface area (Å²) in [6, 6.07) is 17.5. The van der Waals surface area contributed by atoms with Crippen LogP contribution >= 0.6 is 0 Å². The second-order valence-electron chi connectivity index (χ2n) is 6.84. The second kappa shape index (κ2) is 11.1. The molecule has 0 amide bonds. The summed E-state index contributed by atoms with van der Waals surface area (Å²) < 4.78 is 10.1. The predicted molar refractivity (Wildman–Crippen MR) is 116 cm³/mol. The summed E-state index contributed by atoms with van der Waals surface area (Å²) in [4.78, 5) is 24.2. The Balaban J connectivity index is 2.20. The molecule has 0 N–H and O–H groups in total. The highest BCUT2D eigenvalue weighted by Gasteiger charge is 2.14. The summed E-state index contributed by atoms with van der Waals surface area (Å²) in [7, 11) is 0. The van der Waals surface area contributed by atoms with Crippen molar-refractivity contribution in [3.05, 3.63) is 76.4 Å². The molecule has 6 heteroatoms. The molecule has 6 nitrogen and oxygen atoms in total. The minimum absolute atomic E-state index is 0.150. The number of hydrogen-bond acceptors (Lipinski definition) is 6. The summed E-state index contributed by atoms with van der Waals surface area (Å²) in [5.74, 6) is -0.977. The molecule has 0 unspecified atom stereocenters. The molecular formula is C25H22N2O4. The lowest BCUT2D eigenvalue weighted by Crippen LogP contribution is -2.10. The normalized spacial score (nSPS) is 11.4. The standard InChI is InChI=1S/C25H22N2O4/c1-4-30-24(28)21(15-26)13-19-6-5-7-23(14-19)31-25(29)22(16-27)12-18-8-10-20(11-9-18)17(2)3/h5-14,17H,4H2,1-3H3/b21-13+,22-12+. The van der Waals surface area contributed by atoms with E-state index in [1.54, 1.807) is 25.1 Å². The summed E-state index contributed by atoms with van der Waals surface area (Å²) in [5, 5.41) is 18.5. The fraction of sp³-hybridized carbons (Fsp3) is 0.200. The van der Waals surface area contributed by atoms with Crippen LogP contribution in [-0.2, 0) is 14.3 Å². The molecular weight excluding hydrogens is 392 g/mol. The Morgan fingerprint density at radius 3 is 2.13 bits per heavy atom. The van der Waals surface area contributed by atoms with Gasteiger partial charge in [0.25, 0.3) is 0 Å². The van der Waals surface area contributed by atoms with Crippen molar-refractivity contribution >= 4 is 24.1 Å². The molecule has 0 aliphatic rings. The average molecular weight is 414 g/mol. The van der Waals surface area contributed by atoms with E-state index in [-0.39, 0.29) is 23.5 Å². The van der Waals surface area contributed by atoms with Gasteiger partial charge in [-0.25, -0.2) is 9.59 Å². The molecule has 0 spiro atoms. The Bertz CT molecular complexity index is 1100. The Kier molecular flexibility index (Phi) is 8.31. The first-order valence-corrected chi connectivity index (χ1v) is 9.70. The third-order valence-corrected chi connectivity index (χ3v) is 4.25. The van der Waals surface area contributed by atoms with Gasteiger partial charge in [0.15, 0.2) is 0 Å². The van der Waals surface area contributed by atoms with E-state index in [1.165, 1.54) is 24.3 Å². The van der Waals surface area contributed by atoms with E-state index in [4.69, 9.17) is 14.7 Å². The number of ether oxygens (including phenoxy) is 2. The number of nitrogens with zero attached hydrogens (tertiary/aromatic N) is 2. The van der Waals surface area contributed by atoms with E-state index in [9.17, 15) is 14.9 Å². The second-order valence-corrected chi connectivity index (χ2v) is 6.84. The molecule has 0 saturated heterocycles. The van der Waals surface area contributed by atoms with Crippen molar-refractivity contribution in [2.45, 2.75) is 26.7 Å². The van der Waals surface area contributed by atoms with E-state index >= 15 is 0 Å². The van der Waals surface area contributed by atoms with Crippen molar-refractivity contribution in [3.8, 4) is 17.9 Å². The first-order valence-electron chi connectivity index (χ1n) is 9.70. The summed E-state index contributed by atoms with van der Waals surface area (Å²) in [6.45, 7) is 5.96. The third kappa shape index (κ3) is 6.69. The molecule has 0 aromatic heterocycles. The topological polar surface area (TPSA) is 100 Å². The zero-order valence-corrected chi connectivity index (χ0v) is 17.6. The third-order valence-electron chi connectivity index (χ3n) is 4.25. The Labute approximate surface area is 181 Å².